The quantitative estimate of drug-likeness (QED) is 0.844. The van der Waals surface area contributed by atoms with Gasteiger partial charge in [-0.1, -0.05) is 6.07 Å². The molecule has 0 unspecified atom stereocenters. The fraction of sp³-hybridized carbons (Fsp3) is 0.231. The lowest BCUT2D eigenvalue weighted by Gasteiger charge is -2.09. The van der Waals surface area contributed by atoms with Crippen LogP contribution in [-0.4, -0.2) is 15.6 Å². The van der Waals surface area contributed by atoms with Crippen molar-refractivity contribution in [2.24, 2.45) is 7.05 Å². The van der Waals surface area contributed by atoms with Gasteiger partial charge in [-0.15, -0.1) is 0 Å². The van der Waals surface area contributed by atoms with E-state index in [1.54, 1.807) is 23.0 Å². The number of ketones is 1. The fourth-order valence-corrected chi connectivity index (χ4v) is 1.79. The highest BCUT2D eigenvalue weighted by Crippen LogP contribution is 2.20. The van der Waals surface area contributed by atoms with Gasteiger partial charge in [0, 0.05) is 31.0 Å². The minimum Gasteiger partial charge on any atom is -0.380 e. The van der Waals surface area contributed by atoms with E-state index < -0.39 is 5.82 Å². The Bertz CT molecular complexity index is 577. The molecule has 1 aromatic heterocycles. The number of aromatic nitrogens is 2. The monoisotopic (exact) mass is 247 g/mol. The number of Topliss-reactive ketones (excluding diaryl/α,β-unsaturated/α-hetero) is 1. The molecule has 1 N–H and O–H groups in total. The zero-order valence-corrected chi connectivity index (χ0v) is 10.3. The first kappa shape index (κ1) is 12.3. The van der Waals surface area contributed by atoms with E-state index in [1.165, 1.54) is 13.0 Å². The Morgan fingerprint density at radius 2 is 2.28 bits per heavy atom. The molecule has 0 saturated heterocycles. The number of carbonyl (C=O) groups excluding carboxylic acids is 1. The molecule has 5 heteroatoms. The number of nitrogens with zero attached hydrogens (tertiary/aromatic N) is 2. The number of halogens is 1. The van der Waals surface area contributed by atoms with Crippen LogP contribution in [-0.2, 0) is 13.6 Å². The van der Waals surface area contributed by atoms with E-state index in [-0.39, 0.29) is 11.3 Å². The van der Waals surface area contributed by atoms with Gasteiger partial charge in [-0.3, -0.25) is 9.48 Å². The van der Waals surface area contributed by atoms with E-state index in [1.807, 2.05) is 13.2 Å². The third-order valence-electron chi connectivity index (χ3n) is 2.61. The van der Waals surface area contributed by atoms with Crippen LogP contribution in [0.15, 0.2) is 30.6 Å². The van der Waals surface area contributed by atoms with Crippen LogP contribution in [0.25, 0.3) is 0 Å². The summed E-state index contributed by atoms with van der Waals surface area (Å²) in [7, 11) is 1.83. The van der Waals surface area contributed by atoms with Crippen molar-refractivity contribution in [2.45, 2.75) is 13.5 Å². The molecule has 1 heterocycles. The van der Waals surface area contributed by atoms with Gasteiger partial charge < -0.3 is 5.32 Å². The smallest absolute Gasteiger partial charge is 0.164 e. The number of hydrogen-bond acceptors (Lipinski definition) is 3. The van der Waals surface area contributed by atoms with Gasteiger partial charge in [-0.05, 0) is 19.1 Å². The summed E-state index contributed by atoms with van der Waals surface area (Å²) < 4.78 is 15.2. The van der Waals surface area contributed by atoms with Gasteiger partial charge in [0.1, 0.15) is 5.82 Å². The predicted octanol–water partition coefficient (Wildman–Crippen LogP) is 2.37. The van der Waals surface area contributed by atoms with Crippen LogP contribution in [0.3, 0.4) is 0 Å². The molecule has 0 aliphatic rings. The SMILES string of the molecule is CC(=O)c1c(F)cccc1NCc1cnn(C)c1. The number of nitrogens with one attached hydrogen (secondary N) is 1. The van der Waals surface area contributed by atoms with Crippen LogP contribution in [0.5, 0.6) is 0 Å². The molecule has 0 amide bonds. The number of rotatable bonds is 4. The first-order valence-corrected chi connectivity index (χ1v) is 5.59. The summed E-state index contributed by atoms with van der Waals surface area (Å²) in [4.78, 5) is 11.4. The number of aryl methyl sites for hydroxylation is 1. The third kappa shape index (κ3) is 2.56. The largest absolute Gasteiger partial charge is 0.380 e. The summed E-state index contributed by atoms with van der Waals surface area (Å²) in [6.45, 7) is 1.85. The maximum Gasteiger partial charge on any atom is 0.164 e. The van der Waals surface area contributed by atoms with Gasteiger partial charge in [0.2, 0.25) is 0 Å². The predicted molar refractivity (Wildman–Crippen MR) is 66.9 cm³/mol. The van der Waals surface area contributed by atoms with E-state index in [0.29, 0.717) is 12.2 Å². The molecular weight excluding hydrogens is 233 g/mol. The van der Waals surface area contributed by atoms with Gasteiger partial charge in [0.25, 0.3) is 0 Å². The average molecular weight is 247 g/mol. The zero-order chi connectivity index (χ0) is 13.1. The summed E-state index contributed by atoms with van der Waals surface area (Å²) in [5.41, 5.74) is 1.57. The van der Waals surface area contributed by atoms with Crippen LogP contribution < -0.4 is 5.32 Å². The lowest BCUT2D eigenvalue weighted by molar-refractivity contribution is 0.101. The number of benzene rings is 1. The Kier molecular flexibility index (Phi) is 3.41. The molecule has 0 saturated carbocycles. The van der Waals surface area contributed by atoms with E-state index in [4.69, 9.17) is 0 Å². The standard InChI is InChI=1S/C13H14FN3O/c1-9(18)13-11(14)4-3-5-12(13)15-6-10-7-16-17(2)8-10/h3-5,7-8,15H,6H2,1-2H3. The van der Waals surface area contributed by atoms with E-state index in [0.717, 1.165) is 5.56 Å². The van der Waals surface area contributed by atoms with Crippen LogP contribution in [0.4, 0.5) is 10.1 Å². The summed E-state index contributed by atoms with van der Waals surface area (Å²) >= 11 is 0. The normalized spacial score (nSPS) is 10.4. The van der Waals surface area contributed by atoms with Crippen molar-refractivity contribution < 1.29 is 9.18 Å². The van der Waals surface area contributed by atoms with Gasteiger partial charge in [-0.25, -0.2) is 4.39 Å². The third-order valence-corrected chi connectivity index (χ3v) is 2.61. The molecule has 2 aromatic rings. The topological polar surface area (TPSA) is 46.9 Å². The second-order valence-corrected chi connectivity index (χ2v) is 4.09. The molecule has 2 rings (SSSR count). The highest BCUT2D eigenvalue weighted by Gasteiger charge is 2.12. The van der Waals surface area contributed by atoms with Crippen molar-refractivity contribution in [3.05, 3.63) is 47.5 Å². The molecule has 0 fully saturated rings. The molecular formula is C13H14FN3O. The van der Waals surface area contributed by atoms with Crippen LogP contribution >= 0.6 is 0 Å². The highest BCUT2D eigenvalue weighted by molar-refractivity contribution is 5.99. The van der Waals surface area contributed by atoms with Crippen molar-refractivity contribution in [2.75, 3.05) is 5.32 Å². The molecule has 0 aliphatic heterocycles. The molecule has 0 aliphatic carbocycles. The maximum atomic E-state index is 13.6. The lowest BCUT2D eigenvalue weighted by Crippen LogP contribution is -2.06. The molecule has 0 atom stereocenters. The van der Waals surface area contributed by atoms with Crippen molar-refractivity contribution in [1.82, 2.24) is 9.78 Å². The second kappa shape index (κ2) is 5.00. The van der Waals surface area contributed by atoms with Crippen molar-refractivity contribution in [3.8, 4) is 0 Å². The molecule has 4 nitrogen and oxygen atoms in total. The Morgan fingerprint density at radius 1 is 1.50 bits per heavy atom. The summed E-state index contributed by atoms with van der Waals surface area (Å²) in [5, 5.41) is 7.09. The highest BCUT2D eigenvalue weighted by atomic mass is 19.1. The second-order valence-electron chi connectivity index (χ2n) is 4.09. The number of carbonyl (C=O) groups is 1. The summed E-state index contributed by atoms with van der Waals surface area (Å²) in [6, 6.07) is 4.55. The first-order valence-electron chi connectivity index (χ1n) is 5.59. The lowest BCUT2D eigenvalue weighted by atomic mass is 10.1. The maximum absolute atomic E-state index is 13.6. The molecule has 18 heavy (non-hydrogen) atoms. The first-order chi connectivity index (χ1) is 8.58. The zero-order valence-electron chi connectivity index (χ0n) is 10.3. The van der Waals surface area contributed by atoms with E-state index in [9.17, 15) is 9.18 Å². The van der Waals surface area contributed by atoms with Gasteiger partial charge in [-0.2, -0.15) is 5.10 Å². The molecule has 0 radical (unpaired) electrons. The Morgan fingerprint density at radius 3 is 2.89 bits per heavy atom. The van der Waals surface area contributed by atoms with Gasteiger partial charge >= 0.3 is 0 Å². The van der Waals surface area contributed by atoms with Crippen molar-refractivity contribution in [3.63, 3.8) is 0 Å². The molecule has 0 bridgehead atoms. The van der Waals surface area contributed by atoms with E-state index >= 15 is 0 Å². The van der Waals surface area contributed by atoms with Crippen LogP contribution in [0.2, 0.25) is 0 Å². The van der Waals surface area contributed by atoms with Gasteiger partial charge in [0.05, 0.1) is 11.8 Å². The number of anilines is 1. The van der Waals surface area contributed by atoms with Crippen LogP contribution in [0.1, 0.15) is 22.8 Å². The Balaban J connectivity index is 2.19. The minimum atomic E-state index is -0.501. The summed E-state index contributed by atoms with van der Waals surface area (Å²) in [5.74, 6) is -0.791. The molecule has 0 spiro atoms. The Labute approximate surface area is 104 Å². The average Bonchev–Trinajstić information content (AvgIpc) is 2.72. The molecule has 94 valence electrons. The fourth-order valence-electron chi connectivity index (χ4n) is 1.79. The summed E-state index contributed by atoms with van der Waals surface area (Å²) in [6.07, 6.45) is 3.58. The molecule has 1 aromatic carbocycles. The van der Waals surface area contributed by atoms with E-state index in [2.05, 4.69) is 10.4 Å². The number of hydrogen-bond donors (Lipinski definition) is 1. The Hall–Kier alpha value is -2.17. The van der Waals surface area contributed by atoms with Crippen molar-refractivity contribution in [1.29, 1.82) is 0 Å². The minimum absolute atomic E-state index is 0.0985. The van der Waals surface area contributed by atoms with Crippen LogP contribution in [0, 0.1) is 5.82 Å². The van der Waals surface area contributed by atoms with Gasteiger partial charge in [0.15, 0.2) is 5.78 Å². The van der Waals surface area contributed by atoms with Crippen molar-refractivity contribution >= 4 is 11.5 Å².